The van der Waals surface area contributed by atoms with Gasteiger partial charge in [0.15, 0.2) is 5.79 Å². The highest BCUT2D eigenvalue weighted by atomic mass is 16.6. The van der Waals surface area contributed by atoms with Gasteiger partial charge in [-0.3, -0.25) is 0 Å². The average molecular weight is 447 g/mol. The van der Waals surface area contributed by atoms with Crippen LogP contribution in [0.15, 0.2) is 46.3 Å². The number of rotatable bonds is 6. The Labute approximate surface area is 189 Å². The van der Waals surface area contributed by atoms with Gasteiger partial charge in [0, 0.05) is 24.0 Å². The summed E-state index contributed by atoms with van der Waals surface area (Å²) in [6, 6.07) is 0. The van der Waals surface area contributed by atoms with E-state index in [1.54, 1.807) is 13.0 Å². The Morgan fingerprint density at radius 3 is 2.72 bits per heavy atom. The van der Waals surface area contributed by atoms with Crippen molar-refractivity contribution in [3.05, 3.63) is 46.3 Å². The summed E-state index contributed by atoms with van der Waals surface area (Å²) >= 11 is 0. The molecule has 4 atom stereocenters. The van der Waals surface area contributed by atoms with Gasteiger partial charge in [0.1, 0.15) is 12.4 Å². The molecule has 3 heterocycles. The third-order valence-electron chi connectivity index (χ3n) is 6.36. The molecule has 7 nitrogen and oxygen atoms in total. The van der Waals surface area contributed by atoms with E-state index < -0.39 is 29.4 Å². The average Bonchev–Trinajstić information content (AvgIpc) is 3.16. The summed E-state index contributed by atoms with van der Waals surface area (Å²) in [6.45, 7) is 9.23. The van der Waals surface area contributed by atoms with Crippen molar-refractivity contribution in [1.29, 1.82) is 0 Å². The van der Waals surface area contributed by atoms with Gasteiger partial charge in [-0.25, -0.2) is 9.59 Å². The fraction of sp³-hybridized carbons (Fsp3) is 0.600. The lowest BCUT2D eigenvalue weighted by Crippen LogP contribution is -2.39. The molecule has 176 valence electrons. The molecule has 1 saturated heterocycles. The molecule has 0 aliphatic carbocycles. The minimum Gasteiger partial charge on any atom is -0.457 e. The number of fused-ring (bicyclic) bond motifs is 3. The van der Waals surface area contributed by atoms with E-state index in [4.69, 9.17) is 14.2 Å². The lowest BCUT2D eigenvalue weighted by atomic mass is 9.86. The molecule has 0 amide bonds. The molecule has 3 rings (SSSR count). The second-order valence-electron chi connectivity index (χ2n) is 9.62. The van der Waals surface area contributed by atoms with Crippen LogP contribution in [0.1, 0.15) is 66.7 Å². The third kappa shape index (κ3) is 5.39. The zero-order chi connectivity index (χ0) is 23.7. The molecule has 0 radical (unpaired) electrons. The zero-order valence-electron chi connectivity index (χ0n) is 19.6. The maximum absolute atomic E-state index is 12.6. The van der Waals surface area contributed by atoms with Gasteiger partial charge in [0.05, 0.1) is 17.3 Å². The first-order valence-corrected chi connectivity index (χ1v) is 11.2. The minimum absolute atomic E-state index is 0.119. The van der Waals surface area contributed by atoms with Crippen LogP contribution in [0.3, 0.4) is 0 Å². The van der Waals surface area contributed by atoms with E-state index >= 15 is 0 Å². The third-order valence-corrected chi connectivity index (χ3v) is 6.36. The van der Waals surface area contributed by atoms with Gasteiger partial charge in [-0.05, 0) is 59.5 Å². The first-order chi connectivity index (χ1) is 14.9. The normalized spacial score (nSPS) is 34.0. The van der Waals surface area contributed by atoms with Crippen LogP contribution >= 0.6 is 0 Å². The Bertz CT molecular complexity index is 905. The topological polar surface area (TPSA) is 102 Å². The van der Waals surface area contributed by atoms with E-state index in [2.05, 4.69) is 6.08 Å². The van der Waals surface area contributed by atoms with E-state index in [-0.39, 0.29) is 30.3 Å². The molecule has 0 aromatic rings. The van der Waals surface area contributed by atoms with Crippen LogP contribution in [0.2, 0.25) is 0 Å². The highest BCUT2D eigenvalue weighted by Gasteiger charge is 2.51. The Balaban J connectivity index is 1.79. The van der Waals surface area contributed by atoms with Crippen LogP contribution in [0.5, 0.6) is 0 Å². The first kappa shape index (κ1) is 24.4. The van der Waals surface area contributed by atoms with Crippen molar-refractivity contribution >= 4 is 11.9 Å². The summed E-state index contributed by atoms with van der Waals surface area (Å²) in [5.74, 6) is -2.70. The van der Waals surface area contributed by atoms with E-state index in [0.717, 1.165) is 18.4 Å². The van der Waals surface area contributed by atoms with Crippen LogP contribution in [0, 0.1) is 5.92 Å². The van der Waals surface area contributed by atoms with Crippen LogP contribution in [-0.4, -0.2) is 46.3 Å². The maximum atomic E-state index is 12.6. The van der Waals surface area contributed by atoms with Crippen molar-refractivity contribution < 1.29 is 34.0 Å². The largest absolute Gasteiger partial charge is 0.457 e. The van der Waals surface area contributed by atoms with Crippen LogP contribution in [0.25, 0.3) is 0 Å². The Kier molecular flexibility index (Phi) is 7.12. The molecule has 0 saturated carbocycles. The minimum atomic E-state index is -1.35. The fourth-order valence-electron chi connectivity index (χ4n) is 4.43. The first-order valence-electron chi connectivity index (χ1n) is 11.2. The van der Waals surface area contributed by atoms with Gasteiger partial charge in [0.2, 0.25) is 0 Å². The summed E-state index contributed by atoms with van der Waals surface area (Å²) < 4.78 is 16.7. The smallest absolute Gasteiger partial charge is 0.343 e. The highest BCUT2D eigenvalue weighted by molar-refractivity contribution is 5.95. The Morgan fingerprint density at radius 1 is 1.31 bits per heavy atom. The molecule has 1 fully saturated rings. The lowest BCUT2D eigenvalue weighted by molar-refractivity contribution is -0.238. The molecule has 32 heavy (non-hydrogen) atoms. The van der Waals surface area contributed by atoms with Gasteiger partial charge in [-0.1, -0.05) is 24.1 Å². The second-order valence-corrected chi connectivity index (χ2v) is 9.62. The van der Waals surface area contributed by atoms with Crippen molar-refractivity contribution in [2.24, 2.45) is 5.92 Å². The summed E-state index contributed by atoms with van der Waals surface area (Å²) in [4.78, 5) is 24.8. The SMILES string of the molecule is CC(C)=CCCC(C)=CC(=O)OCC1=C2/C(=C\C3(C)CCC(O)(O3)[C@H](C)C[C@@H]2O)OC1=O. The monoisotopic (exact) mass is 446 g/mol. The van der Waals surface area contributed by atoms with Crippen molar-refractivity contribution in [1.82, 2.24) is 0 Å². The number of aliphatic hydroxyl groups is 2. The van der Waals surface area contributed by atoms with E-state index in [0.29, 0.717) is 18.4 Å². The highest BCUT2D eigenvalue weighted by Crippen LogP contribution is 2.47. The molecule has 3 aliphatic rings. The van der Waals surface area contributed by atoms with E-state index in [1.165, 1.54) is 11.6 Å². The van der Waals surface area contributed by atoms with Crippen LogP contribution in [0.4, 0.5) is 0 Å². The molecule has 2 bridgehead atoms. The van der Waals surface area contributed by atoms with Crippen LogP contribution < -0.4 is 0 Å². The predicted molar refractivity (Wildman–Crippen MR) is 118 cm³/mol. The molecular formula is C25H34O7. The summed E-state index contributed by atoms with van der Waals surface area (Å²) in [5.41, 5.74) is 1.70. The maximum Gasteiger partial charge on any atom is 0.343 e. The molecule has 2 unspecified atom stereocenters. The number of allylic oxidation sites excluding steroid dienone is 3. The number of carbonyl (C=O) groups excluding carboxylic acids is 2. The molecule has 0 aromatic carbocycles. The van der Waals surface area contributed by atoms with Gasteiger partial charge in [0.25, 0.3) is 0 Å². The summed E-state index contributed by atoms with van der Waals surface area (Å²) in [7, 11) is 0. The Hall–Kier alpha value is -2.22. The molecule has 7 heteroatoms. The summed E-state index contributed by atoms with van der Waals surface area (Å²) in [5, 5.41) is 21.8. The molecular weight excluding hydrogens is 412 g/mol. The van der Waals surface area contributed by atoms with Crippen molar-refractivity contribution in [3.63, 3.8) is 0 Å². The summed E-state index contributed by atoms with van der Waals surface area (Å²) in [6.07, 6.45) is 6.84. The zero-order valence-corrected chi connectivity index (χ0v) is 19.6. The quantitative estimate of drug-likeness (QED) is 0.365. The number of aliphatic hydroxyl groups excluding tert-OH is 1. The molecule has 2 N–H and O–H groups in total. The number of ether oxygens (including phenoxy) is 3. The number of carbonyl (C=O) groups is 2. The second kappa shape index (κ2) is 9.33. The van der Waals surface area contributed by atoms with Crippen molar-refractivity contribution in [3.8, 4) is 0 Å². The molecule has 0 aromatic heterocycles. The fourth-order valence-corrected chi connectivity index (χ4v) is 4.43. The standard InChI is InChI=1S/C25H34O7/c1-15(2)7-6-8-16(3)11-21(27)30-14-18-22-19(26)12-17(4)25(29)10-9-24(5,32-25)13-20(22)31-23(18)28/h7,11,13,17,19,26,29H,6,8-10,12,14H2,1-5H3/b16-11?,20-13+/t17-,19+,24?,25?/m1/s1. The number of hydrogen-bond donors (Lipinski definition) is 2. The van der Waals surface area contributed by atoms with Gasteiger partial charge in [-0.15, -0.1) is 0 Å². The van der Waals surface area contributed by atoms with Gasteiger partial charge < -0.3 is 24.4 Å². The van der Waals surface area contributed by atoms with Crippen molar-refractivity contribution in [2.75, 3.05) is 6.61 Å². The van der Waals surface area contributed by atoms with E-state index in [1.807, 2.05) is 27.7 Å². The lowest BCUT2D eigenvalue weighted by Gasteiger charge is -2.32. The van der Waals surface area contributed by atoms with Crippen molar-refractivity contribution in [2.45, 2.75) is 84.2 Å². The predicted octanol–water partition coefficient (Wildman–Crippen LogP) is 3.62. The van der Waals surface area contributed by atoms with Crippen LogP contribution in [-0.2, 0) is 23.8 Å². The van der Waals surface area contributed by atoms with Gasteiger partial charge in [-0.2, -0.15) is 0 Å². The Morgan fingerprint density at radius 2 is 2.03 bits per heavy atom. The number of esters is 2. The molecule has 3 aliphatic heterocycles. The van der Waals surface area contributed by atoms with E-state index in [9.17, 15) is 19.8 Å². The molecule has 0 spiro atoms. The van der Waals surface area contributed by atoms with Gasteiger partial charge >= 0.3 is 11.9 Å². The number of hydrogen-bond acceptors (Lipinski definition) is 7.